The van der Waals surface area contributed by atoms with Gasteiger partial charge in [0.2, 0.25) is 5.91 Å². The lowest BCUT2D eigenvalue weighted by atomic mass is 10.00. The first-order valence-corrected chi connectivity index (χ1v) is 30.9. The number of amides is 1. The van der Waals surface area contributed by atoms with Gasteiger partial charge in [0.1, 0.15) is 12.2 Å². The smallest absolute Gasteiger partial charge is 0.249 e. The Kier molecular flexibility index (Phi) is 56.2. The second-order valence-electron chi connectivity index (χ2n) is 21.4. The van der Waals surface area contributed by atoms with Gasteiger partial charge in [0.05, 0.1) is 18.8 Å². The maximum Gasteiger partial charge on any atom is 0.249 e. The van der Waals surface area contributed by atoms with Gasteiger partial charge in [-0.25, -0.2) is 0 Å². The molecule has 0 bridgehead atoms. The fourth-order valence-electron chi connectivity index (χ4n) is 9.74. The van der Waals surface area contributed by atoms with Crippen molar-refractivity contribution in [1.82, 2.24) is 5.32 Å². The number of unbranched alkanes of at least 4 members (excludes halogenated alkanes) is 42. The predicted molar refractivity (Wildman–Crippen MR) is 302 cm³/mol. The summed E-state index contributed by atoms with van der Waals surface area (Å²) in [6.45, 7) is 4.08. The second-order valence-corrected chi connectivity index (χ2v) is 21.4. The number of allylic oxidation sites excluding steroid dienone is 6. The van der Waals surface area contributed by atoms with Crippen molar-refractivity contribution in [3.8, 4) is 0 Å². The van der Waals surface area contributed by atoms with Crippen LogP contribution < -0.4 is 5.32 Å². The Morgan fingerprint density at radius 3 is 0.913 bits per heavy atom. The van der Waals surface area contributed by atoms with Crippen molar-refractivity contribution in [2.45, 2.75) is 353 Å². The monoisotopic (exact) mass is 972 g/mol. The van der Waals surface area contributed by atoms with Crippen molar-refractivity contribution in [3.05, 3.63) is 36.5 Å². The molecule has 5 N–H and O–H groups in total. The third kappa shape index (κ3) is 51.2. The van der Waals surface area contributed by atoms with Gasteiger partial charge in [0.25, 0.3) is 0 Å². The molecule has 0 aliphatic heterocycles. The Balaban J connectivity index is 3.66. The molecule has 0 aromatic carbocycles. The van der Waals surface area contributed by atoms with Crippen molar-refractivity contribution >= 4 is 5.91 Å². The zero-order valence-corrected chi connectivity index (χ0v) is 46.3. The van der Waals surface area contributed by atoms with Gasteiger partial charge in [0.15, 0.2) is 0 Å². The molecular weight excluding hydrogens is 851 g/mol. The van der Waals surface area contributed by atoms with Gasteiger partial charge in [-0.3, -0.25) is 4.79 Å². The summed E-state index contributed by atoms with van der Waals surface area (Å²) in [6.07, 6.45) is 72.4. The lowest BCUT2D eigenvalue weighted by Crippen LogP contribution is -2.53. The molecule has 0 saturated heterocycles. The SMILES string of the molecule is CCCCCCCCCCCCCCCC/C=C/CC/C=C/CC/C=C/CCCC(O)C(O)C(CO)NC(=O)C(O)CCCCCCCCCCCCCCCCCCCCCCCCCCCC. The van der Waals surface area contributed by atoms with Crippen molar-refractivity contribution in [2.24, 2.45) is 0 Å². The van der Waals surface area contributed by atoms with Gasteiger partial charge in [-0.2, -0.15) is 0 Å². The summed E-state index contributed by atoms with van der Waals surface area (Å²) >= 11 is 0. The maximum absolute atomic E-state index is 12.6. The van der Waals surface area contributed by atoms with Crippen LogP contribution in [0.1, 0.15) is 328 Å². The Labute approximate surface area is 430 Å². The standard InChI is InChI=1S/C63H121NO5/c1-3-5-7-9-11-13-15-17-19-21-23-25-27-29-31-33-34-36-38-40-42-44-46-48-50-52-54-56-60(66)62(68)59(58-65)64-63(69)61(67)57-55-53-51-49-47-45-43-41-39-37-35-32-30-28-26-24-22-20-18-16-14-12-10-8-6-4-2/h33-34,40,42,48,50,59-62,65-68H,3-32,35-39,41,43-47,49,51-58H2,1-2H3,(H,64,69)/b34-33+,42-40+,50-48+. The number of rotatable bonds is 57. The van der Waals surface area contributed by atoms with Gasteiger partial charge in [-0.05, 0) is 64.2 Å². The molecule has 0 radical (unpaired) electrons. The van der Waals surface area contributed by atoms with Crippen LogP contribution in [0.2, 0.25) is 0 Å². The number of nitrogens with one attached hydrogen (secondary N) is 1. The van der Waals surface area contributed by atoms with Crippen LogP contribution in [0.3, 0.4) is 0 Å². The number of carbonyl (C=O) groups excluding carboxylic acids is 1. The summed E-state index contributed by atoms with van der Waals surface area (Å²) in [7, 11) is 0. The molecule has 1 amide bonds. The van der Waals surface area contributed by atoms with Crippen LogP contribution in [-0.2, 0) is 4.79 Å². The lowest BCUT2D eigenvalue weighted by molar-refractivity contribution is -0.132. The van der Waals surface area contributed by atoms with Gasteiger partial charge < -0.3 is 25.7 Å². The zero-order chi connectivity index (χ0) is 50.2. The minimum absolute atomic E-state index is 0.362. The largest absolute Gasteiger partial charge is 0.394 e. The van der Waals surface area contributed by atoms with Gasteiger partial charge in [0, 0.05) is 0 Å². The van der Waals surface area contributed by atoms with E-state index in [0.29, 0.717) is 19.3 Å². The van der Waals surface area contributed by atoms with Crippen LogP contribution in [0.5, 0.6) is 0 Å². The quantitative estimate of drug-likeness (QED) is 0.0308. The fraction of sp³-hybridized carbons (Fsp3) is 0.889. The molecule has 0 aromatic heterocycles. The Bertz CT molecular complexity index is 1090. The summed E-state index contributed by atoms with van der Waals surface area (Å²) in [5.41, 5.74) is 0. The van der Waals surface area contributed by atoms with E-state index in [-0.39, 0.29) is 0 Å². The van der Waals surface area contributed by atoms with Gasteiger partial charge in [-0.1, -0.05) is 301 Å². The predicted octanol–water partition coefficient (Wildman–Crippen LogP) is 18.4. The van der Waals surface area contributed by atoms with E-state index >= 15 is 0 Å². The average Bonchev–Trinajstić information content (AvgIpc) is 3.35. The van der Waals surface area contributed by atoms with Crippen molar-refractivity contribution in [3.63, 3.8) is 0 Å². The molecule has 4 unspecified atom stereocenters. The molecule has 4 atom stereocenters. The number of carbonyl (C=O) groups is 1. The van der Waals surface area contributed by atoms with E-state index in [2.05, 4.69) is 55.6 Å². The van der Waals surface area contributed by atoms with Crippen LogP contribution in [0, 0.1) is 0 Å². The first-order chi connectivity index (χ1) is 34.0. The molecule has 6 nitrogen and oxygen atoms in total. The van der Waals surface area contributed by atoms with Crippen LogP contribution in [0.15, 0.2) is 36.5 Å². The van der Waals surface area contributed by atoms with E-state index in [1.165, 1.54) is 244 Å². The highest BCUT2D eigenvalue weighted by Crippen LogP contribution is 2.18. The lowest BCUT2D eigenvalue weighted by Gasteiger charge is -2.27. The molecular formula is C63H121NO5. The molecule has 6 heteroatoms. The number of hydrogen-bond donors (Lipinski definition) is 5. The molecule has 0 aliphatic rings. The third-order valence-electron chi connectivity index (χ3n) is 14.6. The fourth-order valence-corrected chi connectivity index (χ4v) is 9.74. The molecule has 0 heterocycles. The maximum atomic E-state index is 12.6. The highest BCUT2D eigenvalue weighted by molar-refractivity contribution is 5.80. The van der Waals surface area contributed by atoms with Crippen LogP contribution in [0.25, 0.3) is 0 Å². The minimum atomic E-state index is -1.29. The van der Waals surface area contributed by atoms with E-state index in [4.69, 9.17) is 0 Å². The molecule has 0 saturated carbocycles. The summed E-state index contributed by atoms with van der Waals surface area (Å²) in [4.78, 5) is 12.6. The highest BCUT2D eigenvalue weighted by atomic mass is 16.3. The zero-order valence-electron chi connectivity index (χ0n) is 46.3. The molecule has 0 spiro atoms. The number of hydrogen-bond acceptors (Lipinski definition) is 5. The van der Waals surface area contributed by atoms with Crippen LogP contribution in [0.4, 0.5) is 0 Å². The third-order valence-corrected chi connectivity index (χ3v) is 14.6. The molecule has 0 fully saturated rings. The van der Waals surface area contributed by atoms with Crippen molar-refractivity contribution < 1.29 is 25.2 Å². The summed E-state index contributed by atoms with van der Waals surface area (Å²) in [6, 6.07) is -1.01. The summed E-state index contributed by atoms with van der Waals surface area (Å²) < 4.78 is 0. The van der Waals surface area contributed by atoms with Crippen LogP contribution >= 0.6 is 0 Å². The van der Waals surface area contributed by atoms with E-state index in [1.54, 1.807) is 0 Å². The second kappa shape index (κ2) is 57.4. The number of aliphatic hydroxyl groups excluding tert-OH is 4. The van der Waals surface area contributed by atoms with E-state index < -0.39 is 36.9 Å². The van der Waals surface area contributed by atoms with E-state index in [1.807, 2.05) is 0 Å². The van der Waals surface area contributed by atoms with Crippen LogP contribution in [-0.4, -0.2) is 57.3 Å². The molecule has 0 aromatic rings. The topological polar surface area (TPSA) is 110 Å². The minimum Gasteiger partial charge on any atom is -0.394 e. The van der Waals surface area contributed by atoms with E-state index in [9.17, 15) is 25.2 Å². The van der Waals surface area contributed by atoms with Gasteiger partial charge >= 0.3 is 0 Å². The molecule has 69 heavy (non-hydrogen) atoms. The summed E-state index contributed by atoms with van der Waals surface area (Å²) in [5, 5.41) is 44.0. The Morgan fingerprint density at radius 2 is 0.609 bits per heavy atom. The average molecular weight is 973 g/mol. The number of aliphatic hydroxyl groups is 4. The van der Waals surface area contributed by atoms with Crippen molar-refractivity contribution in [1.29, 1.82) is 0 Å². The van der Waals surface area contributed by atoms with Gasteiger partial charge in [-0.15, -0.1) is 0 Å². The summed E-state index contributed by atoms with van der Waals surface area (Å²) in [5.74, 6) is -0.594. The van der Waals surface area contributed by atoms with Crippen molar-refractivity contribution in [2.75, 3.05) is 6.61 Å². The molecule has 408 valence electrons. The Hall–Kier alpha value is -1.47. The normalized spacial score (nSPS) is 13.9. The van der Waals surface area contributed by atoms with E-state index in [0.717, 1.165) is 51.4 Å². The molecule has 0 aliphatic carbocycles. The highest BCUT2D eigenvalue weighted by Gasteiger charge is 2.28. The first-order valence-electron chi connectivity index (χ1n) is 30.9. The molecule has 0 rings (SSSR count). The Morgan fingerprint density at radius 1 is 0.348 bits per heavy atom. The first kappa shape index (κ1) is 67.5.